The van der Waals surface area contributed by atoms with Crippen LogP contribution in [0.4, 0.5) is 0 Å². The molecule has 14 heavy (non-hydrogen) atoms. The standard InChI is InChI=1S/C8H17N3O3/c1-2-5-10-11-6(8(9)14)3-4-7(12)13/h6,10-11H,2-5H2,1H3,(H2,9,14)(H,12,13)/t6-/m1/s1. The van der Waals surface area contributed by atoms with Crippen molar-refractivity contribution in [3.63, 3.8) is 0 Å². The van der Waals surface area contributed by atoms with Gasteiger partial charge in [-0.05, 0) is 12.8 Å². The number of nitrogens with two attached hydrogens (primary N) is 1. The quantitative estimate of drug-likeness (QED) is 0.305. The molecule has 0 aliphatic carbocycles. The Labute approximate surface area is 82.8 Å². The predicted molar refractivity (Wildman–Crippen MR) is 51.3 cm³/mol. The first-order valence-corrected chi connectivity index (χ1v) is 4.57. The molecule has 0 aliphatic heterocycles. The average molecular weight is 203 g/mol. The summed E-state index contributed by atoms with van der Waals surface area (Å²) in [6, 6.07) is -0.627. The summed E-state index contributed by atoms with van der Waals surface area (Å²) in [4.78, 5) is 21.1. The van der Waals surface area contributed by atoms with Crippen molar-refractivity contribution < 1.29 is 14.7 Å². The maximum atomic E-state index is 10.8. The molecule has 0 bridgehead atoms. The first-order valence-electron chi connectivity index (χ1n) is 4.57. The van der Waals surface area contributed by atoms with Crippen LogP contribution < -0.4 is 16.6 Å². The molecule has 1 amide bonds. The van der Waals surface area contributed by atoms with Crippen molar-refractivity contribution in [1.82, 2.24) is 10.9 Å². The smallest absolute Gasteiger partial charge is 0.303 e. The zero-order chi connectivity index (χ0) is 11.0. The van der Waals surface area contributed by atoms with E-state index in [4.69, 9.17) is 10.8 Å². The molecular formula is C8H17N3O3. The number of hydrazine groups is 1. The lowest BCUT2D eigenvalue weighted by atomic mass is 10.1. The number of carbonyl (C=O) groups excluding carboxylic acids is 1. The maximum Gasteiger partial charge on any atom is 0.303 e. The van der Waals surface area contributed by atoms with Gasteiger partial charge in [0.2, 0.25) is 5.91 Å². The highest BCUT2D eigenvalue weighted by atomic mass is 16.4. The van der Waals surface area contributed by atoms with E-state index in [0.29, 0.717) is 6.54 Å². The van der Waals surface area contributed by atoms with Gasteiger partial charge < -0.3 is 10.8 Å². The molecule has 0 fully saturated rings. The first kappa shape index (κ1) is 12.9. The largest absolute Gasteiger partial charge is 0.481 e. The summed E-state index contributed by atoms with van der Waals surface area (Å²) >= 11 is 0. The fourth-order valence-electron chi connectivity index (χ4n) is 0.874. The number of hydrogen-bond donors (Lipinski definition) is 4. The predicted octanol–water partition coefficient (Wildman–Crippen LogP) is -0.791. The van der Waals surface area contributed by atoms with Gasteiger partial charge in [-0.3, -0.25) is 15.0 Å². The summed E-state index contributed by atoms with van der Waals surface area (Å²) in [6.45, 7) is 2.68. The molecule has 6 heteroatoms. The number of carboxylic acid groups (broad SMARTS) is 1. The van der Waals surface area contributed by atoms with Gasteiger partial charge in [0.05, 0.1) is 0 Å². The topological polar surface area (TPSA) is 104 Å². The van der Waals surface area contributed by atoms with E-state index in [1.165, 1.54) is 0 Å². The number of amides is 1. The molecule has 0 aliphatic rings. The van der Waals surface area contributed by atoms with Crippen LogP contribution in [0.2, 0.25) is 0 Å². The molecule has 1 atom stereocenters. The fourth-order valence-corrected chi connectivity index (χ4v) is 0.874. The van der Waals surface area contributed by atoms with Gasteiger partial charge in [0.25, 0.3) is 0 Å². The molecule has 0 unspecified atom stereocenters. The molecule has 0 saturated heterocycles. The number of nitrogens with one attached hydrogen (secondary N) is 2. The van der Waals surface area contributed by atoms with Crippen molar-refractivity contribution in [1.29, 1.82) is 0 Å². The third kappa shape index (κ3) is 6.38. The maximum absolute atomic E-state index is 10.8. The summed E-state index contributed by atoms with van der Waals surface area (Å²) in [5.41, 5.74) is 10.6. The molecule has 0 aromatic heterocycles. The highest BCUT2D eigenvalue weighted by Gasteiger charge is 2.15. The Balaban J connectivity index is 3.78. The van der Waals surface area contributed by atoms with E-state index in [9.17, 15) is 9.59 Å². The van der Waals surface area contributed by atoms with Gasteiger partial charge in [0.1, 0.15) is 6.04 Å². The average Bonchev–Trinajstić information content (AvgIpc) is 2.10. The first-order chi connectivity index (χ1) is 6.57. The van der Waals surface area contributed by atoms with E-state index in [0.717, 1.165) is 6.42 Å². The van der Waals surface area contributed by atoms with Gasteiger partial charge in [0.15, 0.2) is 0 Å². The normalized spacial score (nSPS) is 12.4. The van der Waals surface area contributed by atoms with Crippen LogP contribution in [-0.2, 0) is 9.59 Å². The monoisotopic (exact) mass is 203 g/mol. The molecule has 82 valence electrons. The molecule has 0 saturated carbocycles. The van der Waals surface area contributed by atoms with Crippen LogP contribution in [-0.4, -0.2) is 29.6 Å². The van der Waals surface area contributed by atoms with Crippen molar-refractivity contribution in [2.45, 2.75) is 32.2 Å². The minimum absolute atomic E-state index is 0.0750. The van der Waals surface area contributed by atoms with Gasteiger partial charge in [-0.15, -0.1) is 0 Å². The molecule has 0 heterocycles. The second kappa shape index (κ2) is 7.28. The zero-order valence-electron chi connectivity index (χ0n) is 8.25. The van der Waals surface area contributed by atoms with E-state index in [1.54, 1.807) is 0 Å². The number of carboxylic acids is 1. The number of hydrogen-bond acceptors (Lipinski definition) is 4. The van der Waals surface area contributed by atoms with Crippen molar-refractivity contribution in [3.8, 4) is 0 Å². The minimum atomic E-state index is -0.937. The van der Waals surface area contributed by atoms with E-state index in [2.05, 4.69) is 10.9 Å². The lowest BCUT2D eigenvalue weighted by Gasteiger charge is -2.14. The molecule has 0 rings (SSSR count). The van der Waals surface area contributed by atoms with Crippen molar-refractivity contribution in [3.05, 3.63) is 0 Å². The molecule has 0 radical (unpaired) electrons. The van der Waals surface area contributed by atoms with Gasteiger partial charge in [0, 0.05) is 13.0 Å². The Bertz CT molecular complexity index is 196. The van der Waals surface area contributed by atoms with Gasteiger partial charge >= 0.3 is 5.97 Å². The second-order valence-electron chi connectivity index (χ2n) is 2.96. The van der Waals surface area contributed by atoms with Gasteiger partial charge in [-0.1, -0.05) is 6.92 Å². The van der Waals surface area contributed by atoms with Crippen molar-refractivity contribution in [2.24, 2.45) is 5.73 Å². The highest BCUT2D eigenvalue weighted by Crippen LogP contribution is 1.95. The molecule has 0 spiro atoms. The Morgan fingerprint density at radius 3 is 2.57 bits per heavy atom. The SMILES string of the molecule is CCCNN[C@H](CCC(=O)O)C(N)=O. The second-order valence-corrected chi connectivity index (χ2v) is 2.96. The third-order valence-corrected chi connectivity index (χ3v) is 1.64. The number of primary amides is 1. The molecule has 5 N–H and O–H groups in total. The van der Waals surface area contributed by atoms with Crippen molar-refractivity contribution in [2.75, 3.05) is 6.54 Å². The Kier molecular flexibility index (Phi) is 6.69. The van der Waals surface area contributed by atoms with Crippen LogP contribution in [0.25, 0.3) is 0 Å². The highest BCUT2D eigenvalue weighted by molar-refractivity contribution is 5.80. The summed E-state index contributed by atoms with van der Waals surface area (Å²) in [5, 5.41) is 8.42. The number of aliphatic carboxylic acids is 1. The summed E-state index contributed by atoms with van der Waals surface area (Å²) < 4.78 is 0. The van der Waals surface area contributed by atoms with E-state index < -0.39 is 17.9 Å². The lowest BCUT2D eigenvalue weighted by molar-refractivity contribution is -0.137. The summed E-state index contributed by atoms with van der Waals surface area (Å²) in [5.74, 6) is -1.48. The third-order valence-electron chi connectivity index (χ3n) is 1.64. The fraction of sp³-hybridized carbons (Fsp3) is 0.750. The van der Waals surface area contributed by atoms with Crippen LogP contribution >= 0.6 is 0 Å². The van der Waals surface area contributed by atoms with E-state index in [-0.39, 0.29) is 12.8 Å². The lowest BCUT2D eigenvalue weighted by Crippen LogP contribution is -2.48. The minimum Gasteiger partial charge on any atom is -0.481 e. The molecule has 0 aromatic rings. The van der Waals surface area contributed by atoms with Gasteiger partial charge in [-0.25, -0.2) is 5.43 Å². The van der Waals surface area contributed by atoms with Crippen LogP contribution in [0.1, 0.15) is 26.2 Å². The Hall–Kier alpha value is -1.14. The zero-order valence-corrected chi connectivity index (χ0v) is 8.25. The van der Waals surface area contributed by atoms with Crippen LogP contribution in [0, 0.1) is 0 Å². The van der Waals surface area contributed by atoms with Gasteiger partial charge in [-0.2, -0.15) is 0 Å². The van der Waals surface area contributed by atoms with Crippen LogP contribution in [0.15, 0.2) is 0 Å². The Morgan fingerprint density at radius 1 is 1.50 bits per heavy atom. The van der Waals surface area contributed by atoms with Crippen LogP contribution in [0.3, 0.4) is 0 Å². The van der Waals surface area contributed by atoms with E-state index >= 15 is 0 Å². The summed E-state index contributed by atoms with van der Waals surface area (Å²) in [6.07, 6.45) is 1.03. The summed E-state index contributed by atoms with van der Waals surface area (Å²) in [7, 11) is 0. The molecule has 0 aromatic carbocycles. The number of carbonyl (C=O) groups is 2. The van der Waals surface area contributed by atoms with E-state index in [1.807, 2.05) is 6.92 Å². The van der Waals surface area contributed by atoms with Crippen LogP contribution in [0.5, 0.6) is 0 Å². The Morgan fingerprint density at radius 2 is 2.14 bits per heavy atom. The van der Waals surface area contributed by atoms with Crippen molar-refractivity contribution >= 4 is 11.9 Å². The number of rotatable bonds is 8. The molecule has 6 nitrogen and oxygen atoms in total. The molecular weight excluding hydrogens is 186 g/mol.